The minimum atomic E-state index is -1.43. The second-order valence-electron chi connectivity index (χ2n) is 6.34. The van der Waals surface area contributed by atoms with Crippen molar-refractivity contribution in [1.82, 2.24) is 0 Å². The van der Waals surface area contributed by atoms with Crippen LogP contribution in [-0.4, -0.2) is 8.07 Å². The second kappa shape index (κ2) is 5.10. The minimum Gasteiger partial charge on any atom is -0.131 e. The van der Waals surface area contributed by atoms with E-state index in [1.807, 2.05) is 0 Å². The summed E-state index contributed by atoms with van der Waals surface area (Å²) in [6.07, 6.45) is 0.882. The third-order valence-corrected chi connectivity index (χ3v) is 8.24. The van der Waals surface area contributed by atoms with Gasteiger partial charge in [-0.25, -0.2) is 0 Å². The molecule has 1 aromatic rings. The van der Waals surface area contributed by atoms with E-state index in [1.165, 1.54) is 11.1 Å². The Morgan fingerprint density at radius 1 is 1.06 bits per heavy atom. The lowest BCUT2D eigenvalue weighted by Crippen LogP contribution is -2.35. The number of hydrogen-bond donors (Lipinski definition) is 0. The summed E-state index contributed by atoms with van der Waals surface area (Å²) in [6, 6.07) is 8.66. The quantitative estimate of drug-likeness (QED) is 0.501. The molecule has 0 heterocycles. The Morgan fingerprint density at radius 3 is 2.06 bits per heavy atom. The number of aryl methyl sites for hydroxylation is 1. The minimum absolute atomic E-state index is 0.354. The highest BCUT2D eigenvalue weighted by atomic mass is 28.3. The van der Waals surface area contributed by atoms with Gasteiger partial charge in [0.05, 0.1) is 0 Å². The van der Waals surface area contributed by atoms with Crippen LogP contribution in [0.1, 0.15) is 31.9 Å². The van der Waals surface area contributed by atoms with E-state index in [0.717, 1.165) is 6.42 Å². The molecule has 92 valence electrons. The Morgan fingerprint density at radius 2 is 1.59 bits per heavy atom. The predicted molar refractivity (Wildman–Crippen MR) is 79.9 cm³/mol. The van der Waals surface area contributed by atoms with Crippen molar-refractivity contribution in [1.29, 1.82) is 0 Å². The van der Waals surface area contributed by atoms with Crippen LogP contribution < -0.4 is 0 Å². The maximum atomic E-state index is 3.55. The molecule has 1 rings (SSSR count). The van der Waals surface area contributed by atoms with Crippen LogP contribution >= 0.6 is 0 Å². The van der Waals surface area contributed by atoms with E-state index < -0.39 is 8.07 Å². The van der Waals surface area contributed by atoms with Crippen LogP contribution in [0.3, 0.4) is 0 Å². The summed E-state index contributed by atoms with van der Waals surface area (Å²) >= 11 is 0. The van der Waals surface area contributed by atoms with Gasteiger partial charge in [-0.3, -0.25) is 0 Å². The first-order valence-electron chi connectivity index (χ1n) is 6.28. The van der Waals surface area contributed by atoms with Gasteiger partial charge in [0, 0.05) is 6.42 Å². The molecule has 0 nitrogen and oxygen atoms in total. The van der Waals surface area contributed by atoms with E-state index in [9.17, 15) is 0 Å². The number of rotatable bonds is 1. The van der Waals surface area contributed by atoms with Gasteiger partial charge in [0.1, 0.15) is 8.07 Å². The molecule has 0 aliphatic heterocycles. The summed E-state index contributed by atoms with van der Waals surface area (Å²) in [5.74, 6) is 3.38. The smallest absolute Gasteiger partial charge is 0.131 e. The van der Waals surface area contributed by atoms with Crippen LogP contribution in [-0.2, 0) is 6.42 Å². The Labute approximate surface area is 107 Å². The van der Waals surface area contributed by atoms with E-state index in [0.29, 0.717) is 5.04 Å². The molecule has 0 saturated carbocycles. The normalized spacial score (nSPS) is 11.9. The topological polar surface area (TPSA) is 0 Å². The molecule has 0 atom stereocenters. The van der Waals surface area contributed by atoms with Crippen LogP contribution in [0.4, 0.5) is 0 Å². The molecule has 0 spiro atoms. The molecule has 0 saturated heterocycles. The van der Waals surface area contributed by atoms with Crippen molar-refractivity contribution in [2.24, 2.45) is 0 Å². The zero-order valence-corrected chi connectivity index (χ0v) is 13.0. The predicted octanol–water partition coefficient (Wildman–Crippen LogP) is 4.59. The SMILES string of the molecule is Cc1ccc(CC#C[Si](C)(C)C(C)(C)C)cc1. The van der Waals surface area contributed by atoms with Gasteiger partial charge in [0.15, 0.2) is 0 Å². The molecule has 0 aliphatic rings. The largest absolute Gasteiger partial charge is 0.137 e. The van der Waals surface area contributed by atoms with Gasteiger partial charge in [-0.15, -0.1) is 11.5 Å². The van der Waals surface area contributed by atoms with Crippen molar-refractivity contribution in [3.05, 3.63) is 35.4 Å². The lowest BCUT2D eigenvalue weighted by Gasteiger charge is -2.31. The lowest BCUT2D eigenvalue weighted by molar-refractivity contribution is 0.731. The summed E-state index contributed by atoms with van der Waals surface area (Å²) in [4.78, 5) is 0. The first-order chi connectivity index (χ1) is 7.72. The summed E-state index contributed by atoms with van der Waals surface area (Å²) in [5, 5.41) is 0.354. The van der Waals surface area contributed by atoms with E-state index in [4.69, 9.17) is 0 Å². The van der Waals surface area contributed by atoms with E-state index in [-0.39, 0.29) is 0 Å². The molecule has 0 aliphatic carbocycles. The first kappa shape index (κ1) is 14.1. The highest BCUT2D eigenvalue weighted by Crippen LogP contribution is 2.35. The molecule has 1 aromatic carbocycles. The Bertz CT molecular complexity index is 421. The Kier molecular flexibility index (Phi) is 4.22. The zero-order valence-electron chi connectivity index (χ0n) is 12.0. The van der Waals surface area contributed by atoms with Crippen LogP contribution in [0.5, 0.6) is 0 Å². The van der Waals surface area contributed by atoms with Crippen molar-refractivity contribution in [3.63, 3.8) is 0 Å². The van der Waals surface area contributed by atoms with Crippen LogP contribution in [0.15, 0.2) is 24.3 Å². The number of hydrogen-bond acceptors (Lipinski definition) is 0. The third-order valence-electron chi connectivity index (χ3n) is 3.69. The molecule has 1 heteroatoms. The molecule has 0 N–H and O–H groups in total. The maximum Gasteiger partial charge on any atom is 0.137 e. The van der Waals surface area contributed by atoms with Crippen molar-refractivity contribution in [3.8, 4) is 11.5 Å². The van der Waals surface area contributed by atoms with Crippen molar-refractivity contribution < 1.29 is 0 Å². The van der Waals surface area contributed by atoms with Gasteiger partial charge in [-0.1, -0.05) is 63.7 Å². The standard InChI is InChI=1S/C16H24Si/c1-14-9-11-15(12-10-14)8-7-13-17(5,6)16(2,3)4/h9-12H,8H2,1-6H3. The van der Waals surface area contributed by atoms with Gasteiger partial charge < -0.3 is 0 Å². The van der Waals surface area contributed by atoms with Crippen molar-refractivity contribution in [2.45, 2.75) is 52.2 Å². The molecule has 17 heavy (non-hydrogen) atoms. The fourth-order valence-corrected chi connectivity index (χ4v) is 2.17. The molecule has 0 radical (unpaired) electrons. The first-order valence-corrected chi connectivity index (χ1v) is 9.28. The van der Waals surface area contributed by atoms with Crippen molar-refractivity contribution >= 4 is 8.07 Å². The average molecular weight is 244 g/mol. The summed E-state index contributed by atoms with van der Waals surface area (Å²) < 4.78 is 0. The Balaban J connectivity index is 2.72. The molecule has 0 fully saturated rings. The Hall–Kier alpha value is -1.00. The molecule has 0 aromatic heterocycles. The maximum absolute atomic E-state index is 3.55. The van der Waals surface area contributed by atoms with E-state index >= 15 is 0 Å². The summed E-state index contributed by atoms with van der Waals surface area (Å²) in [5.41, 5.74) is 6.18. The lowest BCUT2D eigenvalue weighted by atomic mass is 10.1. The highest BCUT2D eigenvalue weighted by Gasteiger charge is 2.33. The average Bonchev–Trinajstić information content (AvgIpc) is 2.19. The third kappa shape index (κ3) is 4.05. The molecular weight excluding hydrogens is 220 g/mol. The molecule has 0 bridgehead atoms. The fraction of sp³-hybridized carbons (Fsp3) is 0.500. The van der Waals surface area contributed by atoms with Crippen LogP contribution in [0.2, 0.25) is 18.1 Å². The second-order valence-corrected chi connectivity index (χ2v) is 11.3. The van der Waals surface area contributed by atoms with Gasteiger partial charge in [-0.2, -0.15) is 0 Å². The van der Waals surface area contributed by atoms with Gasteiger partial charge in [0.25, 0.3) is 0 Å². The van der Waals surface area contributed by atoms with Crippen LogP contribution in [0, 0.1) is 18.4 Å². The van der Waals surface area contributed by atoms with Gasteiger partial charge in [0.2, 0.25) is 0 Å². The van der Waals surface area contributed by atoms with Crippen LogP contribution in [0.25, 0.3) is 0 Å². The van der Waals surface area contributed by atoms with Crippen molar-refractivity contribution in [2.75, 3.05) is 0 Å². The number of benzene rings is 1. The zero-order chi connectivity index (χ0) is 13.1. The monoisotopic (exact) mass is 244 g/mol. The summed E-state index contributed by atoms with van der Waals surface area (Å²) in [6.45, 7) is 13.7. The molecule has 0 amide bonds. The summed E-state index contributed by atoms with van der Waals surface area (Å²) in [7, 11) is -1.43. The molecule has 0 unspecified atom stereocenters. The van der Waals surface area contributed by atoms with E-state index in [2.05, 4.69) is 76.5 Å². The fourth-order valence-electron chi connectivity index (χ4n) is 1.26. The molecular formula is C16H24Si. The highest BCUT2D eigenvalue weighted by molar-refractivity contribution is 6.87. The van der Waals surface area contributed by atoms with E-state index in [1.54, 1.807) is 0 Å². The van der Waals surface area contributed by atoms with Gasteiger partial charge in [-0.05, 0) is 17.5 Å². The van der Waals surface area contributed by atoms with Gasteiger partial charge >= 0.3 is 0 Å².